The normalized spacial score (nSPS) is 21.7. The Bertz CT molecular complexity index is 817. The quantitative estimate of drug-likeness (QED) is 0.783. The standard InChI is InChI=1S/C17H19N5O/c1-11-6-7-22(13(9-11)14-3-2-8-23-14)17-12-4-5-15(18)21-16(12)19-10-20-17/h2-5,8,10-11,13H,6-7,9H2,1H3,(H2,18,19,20,21)/t11-,13-/m0/s1. The zero-order valence-electron chi connectivity index (χ0n) is 13.0. The van der Waals surface area contributed by atoms with Crippen molar-refractivity contribution in [3.63, 3.8) is 0 Å². The Morgan fingerprint density at radius 1 is 1.26 bits per heavy atom. The predicted molar refractivity (Wildman–Crippen MR) is 88.9 cm³/mol. The summed E-state index contributed by atoms with van der Waals surface area (Å²) in [7, 11) is 0. The predicted octanol–water partition coefficient (Wildman–Crippen LogP) is 3.18. The van der Waals surface area contributed by atoms with Crippen molar-refractivity contribution in [2.45, 2.75) is 25.8 Å². The van der Waals surface area contributed by atoms with Crippen LogP contribution in [0.25, 0.3) is 11.0 Å². The number of nitrogens with zero attached hydrogens (tertiary/aromatic N) is 4. The summed E-state index contributed by atoms with van der Waals surface area (Å²) < 4.78 is 5.68. The number of nitrogen functional groups attached to an aromatic ring is 1. The molecule has 6 heteroatoms. The third-order valence-electron chi connectivity index (χ3n) is 4.51. The number of pyridine rings is 1. The lowest BCUT2D eigenvalue weighted by molar-refractivity contribution is 0.327. The Kier molecular flexibility index (Phi) is 3.37. The monoisotopic (exact) mass is 309 g/mol. The fourth-order valence-corrected chi connectivity index (χ4v) is 3.32. The number of furan rings is 1. The van der Waals surface area contributed by atoms with Crippen LogP contribution in [0.1, 0.15) is 31.6 Å². The van der Waals surface area contributed by atoms with Gasteiger partial charge in [-0.05, 0) is 43.0 Å². The minimum Gasteiger partial charge on any atom is -0.467 e. The lowest BCUT2D eigenvalue weighted by Crippen LogP contribution is -2.36. The second-order valence-corrected chi connectivity index (χ2v) is 6.16. The number of aromatic nitrogens is 3. The molecule has 0 bridgehead atoms. The van der Waals surface area contributed by atoms with Crippen molar-refractivity contribution in [3.05, 3.63) is 42.6 Å². The van der Waals surface area contributed by atoms with Crippen molar-refractivity contribution < 1.29 is 4.42 Å². The van der Waals surface area contributed by atoms with Gasteiger partial charge in [0.2, 0.25) is 0 Å². The molecule has 1 aliphatic heterocycles. The van der Waals surface area contributed by atoms with Crippen molar-refractivity contribution in [1.29, 1.82) is 0 Å². The maximum Gasteiger partial charge on any atom is 0.166 e. The van der Waals surface area contributed by atoms with Gasteiger partial charge in [-0.15, -0.1) is 0 Å². The average molecular weight is 309 g/mol. The smallest absolute Gasteiger partial charge is 0.166 e. The minimum atomic E-state index is 0.185. The zero-order valence-corrected chi connectivity index (χ0v) is 13.0. The highest BCUT2D eigenvalue weighted by molar-refractivity contribution is 5.87. The summed E-state index contributed by atoms with van der Waals surface area (Å²) in [6.07, 6.45) is 5.46. The topological polar surface area (TPSA) is 81.1 Å². The Balaban J connectivity index is 1.81. The molecule has 3 aromatic rings. The van der Waals surface area contributed by atoms with Gasteiger partial charge in [0.15, 0.2) is 5.65 Å². The number of fused-ring (bicyclic) bond motifs is 1. The van der Waals surface area contributed by atoms with Gasteiger partial charge in [-0.1, -0.05) is 6.92 Å². The van der Waals surface area contributed by atoms with E-state index >= 15 is 0 Å². The Morgan fingerprint density at radius 3 is 3.00 bits per heavy atom. The molecule has 0 aromatic carbocycles. The minimum absolute atomic E-state index is 0.185. The first-order chi connectivity index (χ1) is 11.2. The van der Waals surface area contributed by atoms with Gasteiger partial charge in [0.05, 0.1) is 17.7 Å². The van der Waals surface area contributed by atoms with Gasteiger partial charge in [0.1, 0.15) is 23.7 Å². The summed E-state index contributed by atoms with van der Waals surface area (Å²) in [5, 5.41) is 0.924. The van der Waals surface area contributed by atoms with E-state index in [2.05, 4.69) is 26.8 Å². The van der Waals surface area contributed by atoms with Crippen LogP contribution in [0.4, 0.5) is 11.6 Å². The third kappa shape index (κ3) is 2.50. The van der Waals surface area contributed by atoms with Gasteiger partial charge in [-0.25, -0.2) is 15.0 Å². The summed E-state index contributed by atoms with van der Waals surface area (Å²) in [4.78, 5) is 15.4. The summed E-state index contributed by atoms with van der Waals surface area (Å²) >= 11 is 0. The van der Waals surface area contributed by atoms with E-state index in [0.29, 0.717) is 17.4 Å². The maximum atomic E-state index is 5.77. The zero-order chi connectivity index (χ0) is 15.8. The number of rotatable bonds is 2. The lowest BCUT2D eigenvalue weighted by atomic mass is 9.91. The fraction of sp³-hybridized carbons (Fsp3) is 0.353. The molecular weight excluding hydrogens is 290 g/mol. The van der Waals surface area contributed by atoms with Crippen LogP contribution in [-0.2, 0) is 0 Å². The molecule has 4 rings (SSSR count). The summed E-state index contributed by atoms with van der Waals surface area (Å²) in [6.45, 7) is 3.22. The molecule has 6 nitrogen and oxygen atoms in total. The van der Waals surface area contributed by atoms with Crippen LogP contribution < -0.4 is 10.6 Å². The van der Waals surface area contributed by atoms with E-state index in [1.807, 2.05) is 18.2 Å². The summed E-state index contributed by atoms with van der Waals surface area (Å²) in [5.41, 5.74) is 6.41. The number of hydrogen-bond donors (Lipinski definition) is 1. The molecular formula is C17H19N5O. The molecule has 1 aliphatic rings. The van der Waals surface area contributed by atoms with Crippen LogP contribution in [-0.4, -0.2) is 21.5 Å². The molecule has 0 radical (unpaired) electrons. The average Bonchev–Trinajstić information content (AvgIpc) is 3.08. The van der Waals surface area contributed by atoms with Gasteiger partial charge in [-0.3, -0.25) is 0 Å². The van der Waals surface area contributed by atoms with Crippen molar-refractivity contribution in [2.24, 2.45) is 5.92 Å². The van der Waals surface area contributed by atoms with E-state index in [-0.39, 0.29) is 6.04 Å². The van der Waals surface area contributed by atoms with E-state index in [1.54, 1.807) is 18.7 Å². The van der Waals surface area contributed by atoms with E-state index in [4.69, 9.17) is 10.2 Å². The largest absolute Gasteiger partial charge is 0.467 e. The molecule has 1 saturated heterocycles. The Morgan fingerprint density at radius 2 is 2.17 bits per heavy atom. The van der Waals surface area contributed by atoms with E-state index in [0.717, 1.165) is 36.4 Å². The van der Waals surface area contributed by atoms with Crippen molar-refractivity contribution >= 4 is 22.7 Å². The molecule has 0 amide bonds. The Hall–Kier alpha value is -2.63. The molecule has 4 heterocycles. The van der Waals surface area contributed by atoms with Gasteiger partial charge in [0.25, 0.3) is 0 Å². The van der Waals surface area contributed by atoms with Crippen LogP contribution in [0, 0.1) is 5.92 Å². The van der Waals surface area contributed by atoms with Gasteiger partial charge in [0, 0.05) is 6.54 Å². The number of hydrogen-bond acceptors (Lipinski definition) is 6. The van der Waals surface area contributed by atoms with Crippen LogP contribution in [0.2, 0.25) is 0 Å². The Labute approximate surface area is 134 Å². The van der Waals surface area contributed by atoms with Crippen LogP contribution in [0.5, 0.6) is 0 Å². The van der Waals surface area contributed by atoms with E-state index in [1.165, 1.54) is 0 Å². The number of piperidine rings is 1. The highest BCUT2D eigenvalue weighted by atomic mass is 16.3. The second kappa shape index (κ2) is 5.53. The van der Waals surface area contributed by atoms with Crippen LogP contribution >= 0.6 is 0 Å². The first kappa shape index (κ1) is 14.0. The van der Waals surface area contributed by atoms with Crippen molar-refractivity contribution in [2.75, 3.05) is 17.2 Å². The van der Waals surface area contributed by atoms with Gasteiger partial charge >= 0.3 is 0 Å². The molecule has 3 aromatic heterocycles. The lowest BCUT2D eigenvalue weighted by Gasteiger charge is -2.38. The highest BCUT2D eigenvalue weighted by Gasteiger charge is 2.31. The molecule has 0 unspecified atom stereocenters. The fourth-order valence-electron chi connectivity index (χ4n) is 3.32. The maximum absolute atomic E-state index is 5.77. The third-order valence-corrected chi connectivity index (χ3v) is 4.51. The molecule has 0 spiro atoms. The van der Waals surface area contributed by atoms with E-state index < -0.39 is 0 Å². The first-order valence-electron chi connectivity index (χ1n) is 7.89. The molecule has 118 valence electrons. The van der Waals surface area contributed by atoms with E-state index in [9.17, 15) is 0 Å². The van der Waals surface area contributed by atoms with Crippen molar-refractivity contribution in [1.82, 2.24) is 15.0 Å². The van der Waals surface area contributed by atoms with Crippen LogP contribution in [0.15, 0.2) is 41.3 Å². The highest BCUT2D eigenvalue weighted by Crippen LogP contribution is 2.38. The molecule has 0 saturated carbocycles. The first-order valence-corrected chi connectivity index (χ1v) is 7.89. The molecule has 2 N–H and O–H groups in total. The molecule has 23 heavy (non-hydrogen) atoms. The molecule has 1 fully saturated rings. The van der Waals surface area contributed by atoms with Gasteiger partial charge in [-0.2, -0.15) is 0 Å². The SMILES string of the molecule is C[C@H]1CCN(c2ncnc3nc(N)ccc23)[C@H](c2ccco2)C1. The van der Waals surface area contributed by atoms with Gasteiger partial charge < -0.3 is 15.1 Å². The van der Waals surface area contributed by atoms with Crippen molar-refractivity contribution in [3.8, 4) is 0 Å². The van der Waals surface area contributed by atoms with Crippen LogP contribution in [0.3, 0.4) is 0 Å². The number of anilines is 2. The summed E-state index contributed by atoms with van der Waals surface area (Å²) in [5.74, 6) is 3.00. The molecule has 0 aliphatic carbocycles. The molecule has 2 atom stereocenters. The number of nitrogens with two attached hydrogens (primary N) is 1. The second-order valence-electron chi connectivity index (χ2n) is 6.16. The summed E-state index contributed by atoms with van der Waals surface area (Å²) in [6, 6.07) is 7.90.